The van der Waals surface area contributed by atoms with E-state index in [0.29, 0.717) is 12.5 Å². The predicted octanol–water partition coefficient (Wildman–Crippen LogP) is 1.98. The molecule has 0 fully saturated rings. The molecule has 0 spiro atoms. The van der Waals surface area contributed by atoms with E-state index >= 15 is 0 Å². The van der Waals surface area contributed by atoms with Crippen molar-refractivity contribution in [2.75, 3.05) is 0 Å². The fourth-order valence-corrected chi connectivity index (χ4v) is 1.62. The van der Waals surface area contributed by atoms with Crippen LogP contribution in [0.4, 0.5) is 0 Å². The summed E-state index contributed by atoms with van der Waals surface area (Å²) in [6.45, 7) is 4.83. The highest BCUT2D eigenvalue weighted by atomic mass is 16.4. The highest BCUT2D eigenvalue weighted by Gasteiger charge is 2.08. The van der Waals surface area contributed by atoms with Gasteiger partial charge in [-0.15, -0.1) is 0 Å². The zero-order valence-corrected chi connectivity index (χ0v) is 9.64. The molecule has 1 aromatic rings. The minimum absolute atomic E-state index is 0.0470. The molecule has 0 amide bonds. The van der Waals surface area contributed by atoms with Crippen LogP contribution in [0.5, 0.6) is 0 Å². The molecule has 0 aromatic carbocycles. The predicted molar refractivity (Wildman–Crippen MR) is 61.7 cm³/mol. The van der Waals surface area contributed by atoms with Gasteiger partial charge in [0.05, 0.1) is 5.56 Å². The Kier molecular flexibility index (Phi) is 4.28. The van der Waals surface area contributed by atoms with Crippen LogP contribution >= 0.6 is 0 Å². The van der Waals surface area contributed by atoms with Crippen molar-refractivity contribution in [1.82, 2.24) is 4.57 Å². The lowest BCUT2D eigenvalue weighted by Crippen LogP contribution is -2.23. The third-order valence-corrected chi connectivity index (χ3v) is 2.85. The fourth-order valence-electron chi connectivity index (χ4n) is 1.62. The third-order valence-electron chi connectivity index (χ3n) is 2.85. The zero-order valence-electron chi connectivity index (χ0n) is 9.64. The van der Waals surface area contributed by atoms with Crippen LogP contribution in [0.15, 0.2) is 23.1 Å². The first-order valence-corrected chi connectivity index (χ1v) is 5.52. The molecule has 0 aliphatic rings. The van der Waals surface area contributed by atoms with E-state index in [0.717, 1.165) is 12.8 Å². The van der Waals surface area contributed by atoms with Gasteiger partial charge in [-0.05, 0) is 12.0 Å². The first kappa shape index (κ1) is 12.5. The Morgan fingerprint density at radius 2 is 2.06 bits per heavy atom. The van der Waals surface area contributed by atoms with Gasteiger partial charge in [-0.1, -0.05) is 26.7 Å². The maximum absolute atomic E-state index is 11.6. The Hall–Kier alpha value is -1.58. The normalized spacial score (nSPS) is 10.7. The molecule has 16 heavy (non-hydrogen) atoms. The van der Waals surface area contributed by atoms with Crippen LogP contribution in [0.3, 0.4) is 0 Å². The molecule has 0 saturated carbocycles. The van der Waals surface area contributed by atoms with Crippen LogP contribution in [-0.4, -0.2) is 15.6 Å². The van der Waals surface area contributed by atoms with E-state index in [1.807, 2.05) is 0 Å². The zero-order chi connectivity index (χ0) is 12.1. The number of pyridine rings is 1. The number of aromatic nitrogens is 1. The van der Waals surface area contributed by atoms with Gasteiger partial charge in [-0.2, -0.15) is 0 Å². The number of hydrogen-bond donors (Lipinski definition) is 1. The summed E-state index contributed by atoms with van der Waals surface area (Å²) in [6.07, 6.45) is 3.59. The van der Waals surface area contributed by atoms with Crippen LogP contribution in [-0.2, 0) is 6.54 Å². The van der Waals surface area contributed by atoms with E-state index in [-0.39, 0.29) is 11.1 Å². The lowest BCUT2D eigenvalue weighted by atomic mass is 10.0. The molecule has 88 valence electrons. The molecule has 0 bridgehead atoms. The van der Waals surface area contributed by atoms with Crippen LogP contribution in [0.1, 0.15) is 37.0 Å². The number of rotatable bonds is 5. The maximum atomic E-state index is 11.6. The van der Waals surface area contributed by atoms with Crippen LogP contribution in [0, 0.1) is 5.92 Å². The molecular formula is C12H17NO3. The molecule has 1 rings (SSSR count). The number of carbonyl (C=O) groups is 1. The summed E-state index contributed by atoms with van der Waals surface area (Å²) in [5.41, 5.74) is -0.197. The van der Waals surface area contributed by atoms with Crippen molar-refractivity contribution in [3.63, 3.8) is 0 Å². The molecule has 4 nitrogen and oxygen atoms in total. The van der Waals surface area contributed by atoms with E-state index in [1.54, 1.807) is 10.8 Å². The Balaban J connectivity index is 2.91. The molecule has 0 aliphatic carbocycles. The molecule has 1 heterocycles. The second-order valence-corrected chi connectivity index (χ2v) is 3.89. The van der Waals surface area contributed by atoms with Gasteiger partial charge in [0, 0.05) is 18.8 Å². The highest BCUT2D eigenvalue weighted by molar-refractivity contribution is 5.87. The molecule has 0 unspecified atom stereocenters. The van der Waals surface area contributed by atoms with E-state index in [2.05, 4.69) is 13.8 Å². The Morgan fingerprint density at radius 3 is 2.50 bits per heavy atom. The lowest BCUT2D eigenvalue weighted by molar-refractivity contribution is 0.0696. The van der Waals surface area contributed by atoms with Gasteiger partial charge in [0.15, 0.2) is 0 Å². The molecule has 0 radical (unpaired) electrons. The van der Waals surface area contributed by atoms with Crippen molar-refractivity contribution < 1.29 is 9.90 Å². The molecule has 1 N–H and O–H groups in total. The smallest absolute Gasteiger partial charge is 0.335 e. The standard InChI is InChI=1S/C12H17NO3/c1-3-9(4-2)8-13-6-5-10(12(15)16)7-11(13)14/h5-7,9H,3-4,8H2,1-2H3,(H,15,16). The second kappa shape index (κ2) is 5.49. The number of carboxylic acids is 1. The minimum Gasteiger partial charge on any atom is -0.478 e. The van der Waals surface area contributed by atoms with Crippen molar-refractivity contribution in [3.05, 3.63) is 34.2 Å². The van der Waals surface area contributed by atoms with Gasteiger partial charge in [-0.25, -0.2) is 4.79 Å². The monoisotopic (exact) mass is 223 g/mol. The van der Waals surface area contributed by atoms with Gasteiger partial charge in [0.2, 0.25) is 0 Å². The highest BCUT2D eigenvalue weighted by Crippen LogP contribution is 2.09. The minimum atomic E-state index is -1.06. The molecule has 0 atom stereocenters. The Bertz CT molecular complexity index is 419. The van der Waals surface area contributed by atoms with Crippen molar-refractivity contribution >= 4 is 5.97 Å². The average molecular weight is 223 g/mol. The molecule has 1 aromatic heterocycles. The lowest BCUT2D eigenvalue weighted by Gasteiger charge is -2.13. The summed E-state index contributed by atoms with van der Waals surface area (Å²) in [5, 5.41) is 8.73. The van der Waals surface area contributed by atoms with Gasteiger partial charge in [-0.3, -0.25) is 4.79 Å². The van der Waals surface area contributed by atoms with Gasteiger partial charge < -0.3 is 9.67 Å². The maximum Gasteiger partial charge on any atom is 0.335 e. The fraction of sp³-hybridized carbons (Fsp3) is 0.500. The van der Waals surface area contributed by atoms with Gasteiger partial charge in [0.25, 0.3) is 5.56 Å². The third kappa shape index (κ3) is 2.95. The van der Waals surface area contributed by atoms with E-state index < -0.39 is 5.97 Å². The first-order valence-electron chi connectivity index (χ1n) is 5.52. The Morgan fingerprint density at radius 1 is 1.44 bits per heavy atom. The molecular weight excluding hydrogens is 206 g/mol. The number of aromatic carboxylic acids is 1. The average Bonchev–Trinajstić information content (AvgIpc) is 2.27. The molecule has 4 heteroatoms. The van der Waals surface area contributed by atoms with Gasteiger partial charge in [0.1, 0.15) is 0 Å². The number of carboxylic acid groups (broad SMARTS) is 1. The summed E-state index contributed by atoms with van der Waals surface area (Å²) in [5.74, 6) is -0.597. The summed E-state index contributed by atoms with van der Waals surface area (Å²) in [6, 6.07) is 2.64. The van der Waals surface area contributed by atoms with E-state index in [4.69, 9.17) is 5.11 Å². The van der Waals surface area contributed by atoms with Crippen LogP contribution in [0.2, 0.25) is 0 Å². The number of nitrogens with zero attached hydrogens (tertiary/aromatic N) is 1. The summed E-state index contributed by atoms with van der Waals surface area (Å²) >= 11 is 0. The summed E-state index contributed by atoms with van der Waals surface area (Å²) in [4.78, 5) is 22.3. The van der Waals surface area contributed by atoms with Crippen molar-refractivity contribution in [3.8, 4) is 0 Å². The molecule has 0 aliphatic heterocycles. The molecule has 0 saturated heterocycles. The SMILES string of the molecule is CCC(CC)Cn1ccc(C(=O)O)cc1=O. The van der Waals surface area contributed by atoms with E-state index in [1.165, 1.54) is 12.1 Å². The van der Waals surface area contributed by atoms with E-state index in [9.17, 15) is 9.59 Å². The van der Waals surface area contributed by atoms with Crippen LogP contribution < -0.4 is 5.56 Å². The number of hydrogen-bond acceptors (Lipinski definition) is 2. The van der Waals surface area contributed by atoms with Crippen LogP contribution in [0.25, 0.3) is 0 Å². The van der Waals surface area contributed by atoms with Crippen molar-refractivity contribution in [2.45, 2.75) is 33.2 Å². The quantitative estimate of drug-likeness (QED) is 0.830. The Labute approximate surface area is 94.5 Å². The first-order chi connectivity index (χ1) is 7.58. The largest absolute Gasteiger partial charge is 0.478 e. The van der Waals surface area contributed by atoms with Gasteiger partial charge >= 0.3 is 5.97 Å². The second-order valence-electron chi connectivity index (χ2n) is 3.89. The van der Waals surface area contributed by atoms with Crippen molar-refractivity contribution in [1.29, 1.82) is 0 Å². The summed E-state index contributed by atoms with van der Waals surface area (Å²) < 4.78 is 1.57. The van der Waals surface area contributed by atoms with Crippen molar-refractivity contribution in [2.24, 2.45) is 5.92 Å². The summed E-state index contributed by atoms with van der Waals surface area (Å²) in [7, 11) is 0. The topological polar surface area (TPSA) is 59.3 Å².